The van der Waals surface area contributed by atoms with Gasteiger partial charge < -0.3 is 20.7 Å². The van der Waals surface area contributed by atoms with Gasteiger partial charge in [0.15, 0.2) is 5.96 Å². The minimum Gasteiger partial charge on any atom is -0.497 e. The number of aliphatic imine (C=N–C) groups is 1. The first-order valence-corrected chi connectivity index (χ1v) is 8.60. The number of ether oxygens (including phenoxy) is 1. The first-order chi connectivity index (χ1) is 12.7. The Kier molecular flexibility index (Phi) is 7.49. The van der Waals surface area contributed by atoms with E-state index in [9.17, 15) is 4.79 Å². The number of amides is 1. The first-order valence-electron chi connectivity index (χ1n) is 8.60. The Morgan fingerprint density at radius 3 is 2.31 bits per heavy atom. The van der Waals surface area contributed by atoms with Gasteiger partial charge in [0.1, 0.15) is 5.75 Å². The molecule has 6 nitrogen and oxygen atoms in total. The van der Waals surface area contributed by atoms with Gasteiger partial charge in [-0.15, -0.1) is 0 Å². The smallest absolute Gasteiger partial charge is 0.251 e. The molecule has 138 valence electrons. The van der Waals surface area contributed by atoms with Crippen molar-refractivity contribution in [3.8, 4) is 5.75 Å². The summed E-state index contributed by atoms with van der Waals surface area (Å²) in [5, 5.41) is 9.34. The maximum absolute atomic E-state index is 11.9. The van der Waals surface area contributed by atoms with Gasteiger partial charge in [0.25, 0.3) is 5.91 Å². The van der Waals surface area contributed by atoms with Gasteiger partial charge in [0, 0.05) is 32.2 Å². The number of guanidine groups is 1. The van der Waals surface area contributed by atoms with E-state index in [-0.39, 0.29) is 5.91 Å². The molecule has 1 amide bonds. The molecule has 2 aromatic carbocycles. The molecule has 0 unspecified atom stereocenters. The molecule has 0 heterocycles. The molecule has 0 aliphatic rings. The quantitative estimate of drug-likeness (QED) is 0.527. The van der Waals surface area contributed by atoms with Crippen molar-refractivity contribution < 1.29 is 9.53 Å². The lowest BCUT2D eigenvalue weighted by molar-refractivity contribution is 0.0955. The summed E-state index contributed by atoms with van der Waals surface area (Å²) in [4.78, 5) is 16.1. The zero-order chi connectivity index (χ0) is 18.8. The van der Waals surface area contributed by atoms with Gasteiger partial charge in [0.2, 0.25) is 0 Å². The van der Waals surface area contributed by atoms with Crippen LogP contribution < -0.4 is 20.7 Å². The molecule has 0 aromatic heterocycles. The highest BCUT2D eigenvalue weighted by molar-refractivity contribution is 5.94. The maximum Gasteiger partial charge on any atom is 0.251 e. The zero-order valence-corrected chi connectivity index (χ0v) is 15.5. The Labute approximate surface area is 154 Å². The molecule has 0 saturated carbocycles. The Morgan fingerprint density at radius 1 is 1.00 bits per heavy atom. The summed E-state index contributed by atoms with van der Waals surface area (Å²) in [6.07, 6.45) is 0. The molecule has 3 N–H and O–H groups in total. The van der Waals surface area contributed by atoms with Crippen LogP contribution in [-0.4, -0.2) is 32.6 Å². The molecule has 0 saturated heterocycles. The van der Waals surface area contributed by atoms with Crippen LogP contribution in [0.1, 0.15) is 28.4 Å². The largest absolute Gasteiger partial charge is 0.497 e. The Hall–Kier alpha value is -3.02. The second kappa shape index (κ2) is 10.1. The average Bonchev–Trinajstić information content (AvgIpc) is 2.69. The van der Waals surface area contributed by atoms with Gasteiger partial charge in [-0.25, -0.2) is 0 Å². The number of nitrogens with zero attached hydrogens (tertiary/aromatic N) is 1. The fourth-order valence-corrected chi connectivity index (χ4v) is 2.42. The van der Waals surface area contributed by atoms with Crippen LogP contribution in [-0.2, 0) is 13.1 Å². The fraction of sp³-hybridized carbons (Fsp3) is 0.300. The monoisotopic (exact) mass is 354 g/mol. The van der Waals surface area contributed by atoms with Gasteiger partial charge >= 0.3 is 0 Å². The van der Waals surface area contributed by atoms with Crippen molar-refractivity contribution in [2.45, 2.75) is 20.0 Å². The number of hydrogen-bond donors (Lipinski definition) is 3. The first kappa shape index (κ1) is 19.3. The fourth-order valence-electron chi connectivity index (χ4n) is 2.42. The number of benzene rings is 2. The van der Waals surface area contributed by atoms with Crippen LogP contribution in [0, 0.1) is 0 Å². The minimum atomic E-state index is -0.0589. The van der Waals surface area contributed by atoms with E-state index in [0.717, 1.165) is 16.9 Å². The van der Waals surface area contributed by atoms with E-state index < -0.39 is 0 Å². The van der Waals surface area contributed by atoms with E-state index in [1.54, 1.807) is 14.2 Å². The van der Waals surface area contributed by atoms with Crippen molar-refractivity contribution in [1.82, 2.24) is 16.0 Å². The molecule has 26 heavy (non-hydrogen) atoms. The molecular weight excluding hydrogens is 328 g/mol. The number of nitrogens with one attached hydrogen (secondary N) is 3. The van der Waals surface area contributed by atoms with Crippen molar-refractivity contribution in [3.05, 3.63) is 65.2 Å². The second-order valence-electron chi connectivity index (χ2n) is 5.69. The lowest BCUT2D eigenvalue weighted by Gasteiger charge is -2.13. The van der Waals surface area contributed by atoms with Gasteiger partial charge in [-0.05, 0) is 42.3 Å². The Bertz CT molecular complexity index is 742. The van der Waals surface area contributed by atoms with E-state index in [1.807, 2.05) is 55.5 Å². The molecule has 0 atom stereocenters. The molecule has 0 bridgehead atoms. The number of hydrogen-bond acceptors (Lipinski definition) is 3. The highest BCUT2D eigenvalue weighted by Gasteiger charge is 2.05. The van der Waals surface area contributed by atoms with E-state index in [2.05, 4.69) is 20.9 Å². The topological polar surface area (TPSA) is 74.8 Å². The van der Waals surface area contributed by atoms with E-state index in [1.165, 1.54) is 0 Å². The summed E-state index contributed by atoms with van der Waals surface area (Å²) in [5.41, 5.74) is 2.81. The number of rotatable bonds is 7. The summed E-state index contributed by atoms with van der Waals surface area (Å²) in [5.74, 6) is 1.48. The number of carbonyl (C=O) groups is 1. The molecule has 6 heteroatoms. The summed E-state index contributed by atoms with van der Waals surface area (Å²) in [6.45, 7) is 3.75. The molecule has 0 fully saturated rings. The van der Waals surface area contributed by atoms with Crippen LogP contribution in [0.5, 0.6) is 5.75 Å². The zero-order valence-electron chi connectivity index (χ0n) is 15.5. The lowest BCUT2D eigenvalue weighted by Crippen LogP contribution is -2.36. The number of methoxy groups -OCH3 is 1. The average molecular weight is 354 g/mol. The highest BCUT2D eigenvalue weighted by Crippen LogP contribution is 2.11. The third-order valence-corrected chi connectivity index (χ3v) is 3.83. The van der Waals surface area contributed by atoms with Crippen molar-refractivity contribution in [2.75, 3.05) is 20.7 Å². The molecular formula is C20H26N4O2. The second-order valence-corrected chi connectivity index (χ2v) is 5.69. The van der Waals surface area contributed by atoms with Crippen molar-refractivity contribution >= 4 is 11.9 Å². The minimum absolute atomic E-state index is 0.0589. The van der Waals surface area contributed by atoms with Crippen LogP contribution in [0.4, 0.5) is 0 Å². The highest BCUT2D eigenvalue weighted by atomic mass is 16.5. The predicted octanol–water partition coefficient (Wildman–Crippen LogP) is 2.31. The van der Waals surface area contributed by atoms with Gasteiger partial charge in [-0.1, -0.05) is 24.3 Å². The van der Waals surface area contributed by atoms with Crippen molar-refractivity contribution in [1.29, 1.82) is 0 Å². The van der Waals surface area contributed by atoms with Crippen LogP contribution >= 0.6 is 0 Å². The molecule has 2 aromatic rings. The van der Waals surface area contributed by atoms with Crippen LogP contribution in [0.25, 0.3) is 0 Å². The standard InChI is InChI=1S/C20H26N4O2/c1-4-22-19(25)17-7-5-6-16(12-17)14-24-20(21-2)23-13-15-8-10-18(26-3)11-9-15/h5-12H,4,13-14H2,1-3H3,(H,22,25)(H2,21,23,24). The molecule has 0 spiro atoms. The lowest BCUT2D eigenvalue weighted by atomic mass is 10.1. The maximum atomic E-state index is 11.9. The third kappa shape index (κ3) is 5.81. The predicted molar refractivity (Wildman–Crippen MR) is 104 cm³/mol. The number of carbonyl (C=O) groups excluding carboxylic acids is 1. The van der Waals surface area contributed by atoms with Crippen molar-refractivity contribution in [3.63, 3.8) is 0 Å². The molecule has 0 radical (unpaired) electrons. The molecule has 0 aliphatic carbocycles. The van der Waals surface area contributed by atoms with E-state index >= 15 is 0 Å². The summed E-state index contributed by atoms with van der Waals surface area (Å²) >= 11 is 0. The van der Waals surface area contributed by atoms with Crippen LogP contribution in [0.2, 0.25) is 0 Å². The van der Waals surface area contributed by atoms with Crippen LogP contribution in [0.3, 0.4) is 0 Å². The van der Waals surface area contributed by atoms with Gasteiger partial charge in [0.05, 0.1) is 7.11 Å². The van der Waals surface area contributed by atoms with Crippen molar-refractivity contribution in [2.24, 2.45) is 4.99 Å². The van der Waals surface area contributed by atoms with Crippen LogP contribution in [0.15, 0.2) is 53.5 Å². The van der Waals surface area contributed by atoms with Gasteiger partial charge in [-0.2, -0.15) is 0 Å². The normalized spacial score (nSPS) is 11.0. The molecule has 0 aliphatic heterocycles. The SMILES string of the molecule is CCNC(=O)c1cccc(CNC(=NC)NCc2ccc(OC)cc2)c1. The summed E-state index contributed by atoms with van der Waals surface area (Å²) in [7, 11) is 3.38. The Balaban J connectivity index is 1.88. The summed E-state index contributed by atoms with van der Waals surface area (Å²) in [6, 6.07) is 15.4. The third-order valence-electron chi connectivity index (χ3n) is 3.83. The van der Waals surface area contributed by atoms with Gasteiger partial charge in [-0.3, -0.25) is 9.79 Å². The Morgan fingerprint density at radius 2 is 1.69 bits per heavy atom. The van der Waals surface area contributed by atoms with E-state index in [0.29, 0.717) is 31.2 Å². The molecule has 2 rings (SSSR count). The summed E-state index contributed by atoms with van der Waals surface area (Å²) < 4.78 is 5.16. The van der Waals surface area contributed by atoms with E-state index in [4.69, 9.17) is 4.74 Å².